The summed E-state index contributed by atoms with van der Waals surface area (Å²) in [7, 11) is 1.70. The van der Waals surface area contributed by atoms with Gasteiger partial charge in [0, 0.05) is 19.2 Å². The molecular weight excluding hydrogens is 233 g/mol. The molecule has 98 valence electrons. The van der Waals surface area contributed by atoms with Crippen molar-refractivity contribution < 1.29 is 13.9 Å². The van der Waals surface area contributed by atoms with Gasteiger partial charge in [-0.1, -0.05) is 18.2 Å². The molecule has 0 N–H and O–H groups in total. The quantitative estimate of drug-likeness (QED) is 0.826. The van der Waals surface area contributed by atoms with Gasteiger partial charge in [0.05, 0.1) is 6.04 Å². The van der Waals surface area contributed by atoms with Gasteiger partial charge in [0.1, 0.15) is 11.9 Å². The Hall–Kier alpha value is -1.42. The van der Waals surface area contributed by atoms with Crippen molar-refractivity contribution in [2.45, 2.75) is 31.9 Å². The van der Waals surface area contributed by atoms with Crippen molar-refractivity contribution in [3.05, 3.63) is 35.6 Å². The zero-order chi connectivity index (χ0) is 13.1. The summed E-state index contributed by atoms with van der Waals surface area (Å²) in [6.45, 7) is 2.46. The summed E-state index contributed by atoms with van der Waals surface area (Å²) in [4.78, 5) is 13.7. The summed E-state index contributed by atoms with van der Waals surface area (Å²) in [6, 6.07) is 6.25. The monoisotopic (exact) mass is 251 g/mol. The van der Waals surface area contributed by atoms with Crippen molar-refractivity contribution in [1.29, 1.82) is 0 Å². The van der Waals surface area contributed by atoms with E-state index in [0.717, 1.165) is 12.8 Å². The van der Waals surface area contributed by atoms with Crippen molar-refractivity contribution in [1.82, 2.24) is 4.90 Å². The predicted molar refractivity (Wildman–Crippen MR) is 66.6 cm³/mol. The topological polar surface area (TPSA) is 29.5 Å². The number of carbonyl (C=O) groups excluding carboxylic acids is 1. The predicted octanol–water partition coefficient (Wildman–Crippen LogP) is 2.52. The Balaban J connectivity index is 2.10. The van der Waals surface area contributed by atoms with Crippen molar-refractivity contribution in [3.8, 4) is 0 Å². The minimum absolute atomic E-state index is 0.0664. The lowest BCUT2D eigenvalue weighted by molar-refractivity contribution is -0.141. The Labute approximate surface area is 107 Å². The van der Waals surface area contributed by atoms with E-state index in [2.05, 4.69) is 0 Å². The highest BCUT2D eigenvalue weighted by Crippen LogP contribution is 2.24. The second-order valence-corrected chi connectivity index (χ2v) is 4.65. The van der Waals surface area contributed by atoms with Crippen molar-refractivity contribution in [3.63, 3.8) is 0 Å². The molecule has 2 rings (SSSR count). The largest absolute Gasteiger partial charge is 0.368 e. The van der Waals surface area contributed by atoms with E-state index in [4.69, 9.17) is 4.74 Å². The molecule has 1 aromatic rings. The second-order valence-electron chi connectivity index (χ2n) is 4.65. The van der Waals surface area contributed by atoms with Crippen LogP contribution >= 0.6 is 0 Å². The van der Waals surface area contributed by atoms with Crippen molar-refractivity contribution >= 4 is 5.91 Å². The van der Waals surface area contributed by atoms with Crippen LogP contribution < -0.4 is 0 Å². The van der Waals surface area contributed by atoms with Crippen LogP contribution in [0.25, 0.3) is 0 Å². The molecule has 0 bridgehead atoms. The molecule has 1 aliphatic rings. The zero-order valence-electron chi connectivity index (χ0n) is 10.7. The molecule has 3 nitrogen and oxygen atoms in total. The summed E-state index contributed by atoms with van der Waals surface area (Å²) in [5.74, 6) is -0.347. The first-order valence-electron chi connectivity index (χ1n) is 6.24. The number of nitrogens with zero attached hydrogens (tertiary/aromatic N) is 1. The zero-order valence-corrected chi connectivity index (χ0v) is 10.7. The fraction of sp³-hybridized carbons (Fsp3) is 0.500. The maximum atomic E-state index is 13.7. The van der Waals surface area contributed by atoms with E-state index in [-0.39, 0.29) is 23.9 Å². The van der Waals surface area contributed by atoms with Crippen LogP contribution in [-0.2, 0) is 9.53 Å². The van der Waals surface area contributed by atoms with Gasteiger partial charge in [-0.2, -0.15) is 0 Å². The van der Waals surface area contributed by atoms with Crippen LogP contribution in [0.5, 0.6) is 0 Å². The van der Waals surface area contributed by atoms with Crippen molar-refractivity contribution in [2.24, 2.45) is 0 Å². The SMILES string of the molecule is CC(c1ccccc1F)N(C)C(=O)C1CCCO1. The standard InChI is InChI=1S/C14H18FNO2/c1-10(11-6-3-4-7-12(11)15)16(2)14(17)13-8-5-9-18-13/h3-4,6-7,10,13H,5,8-9H2,1-2H3. The molecule has 0 spiro atoms. The summed E-state index contributed by atoms with van der Waals surface area (Å²) >= 11 is 0. The highest BCUT2D eigenvalue weighted by molar-refractivity contribution is 5.81. The van der Waals surface area contributed by atoms with Crippen LogP contribution in [0.4, 0.5) is 4.39 Å². The summed E-state index contributed by atoms with van der Waals surface area (Å²) in [5.41, 5.74) is 0.534. The number of amides is 1. The van der Waals surface area contributed by atoms with E-state index < -0.39 is 0 Å². The van der Waals surface area contributed by atoms with E-state index in [1.807, 2.05) is 6.92 Å². The molecule has 0 radical (unpaired) electrons. The Morgan fingerprint density at radius 2 is 2.22 bits per heavy atom. The molecule has 2 unspecified atom stereocenters. The van der Waals surface area contributed by atoms with Gasteiger partial charge in [0.15, 0.2) is 0 Å². The van der Waals surface area contributed by atoms with Crippen LogP contribution in [0.2, 0.25) is 0 Å². The van der Waals surface area contributed by atoms with Gasteiger partial charge in [-0.05, 0) is 25.8 Å². The second kappa shape index (κ2) is 5.48. The Kier molecular flexibility index (Phi) is 3.97. The van der Waals surface area contributed by atoms with E-state index >= 15 is 0 Å². The van der Waals surface area contributed by atoms with Gasteiger partial charge in [0.2, 0.25) is 0 Å². The van der Waals surface area contributed by atoms with Crippen LogP contribution in [0.15, 0.2) is 24.3 Å². The maximum absolute atomic E-state index is 13.7. The van der Waals surface area contributed by atoms with E-state index in [9.17, 15) is 9.18 Å². The molecule has 1 amide bonds. The van der Waals surface area contributed by atoms with Gasteiger partial charge in [-0.25, -0.2) is 4.39 Å². The van der Waals surface area contributed by atoms with Gasteiger partial charge < -0.3 is 9.64 Å². The molecule has 1 saturated heterocycles. The lowest BCUT2D eigenvalue weighted by Gasteiger charge is -2.27. The molecule has 18 heavy (non-hydrogen) atoms. The van der Waals surface area contributed by atoms with Crippen LogP contribution in [-0.4, -0.2) is 30.6 Å². The lowest BCUT2D eigenvalue weighted by Crippen LogP contribution is -2.37. The molecule has 1 aliphatic heterocycles. The minimum atomic E-state index is -0.357. The third kappa shape index (κ3) is 2.53. The Morgan fingerprint density at radius 3 is 2.83 bits per heavy atom. The third-order valence-corrected chi connectivity index (χ3v) is 3.49. The minimum Gasteiger partial charge on any atom is -0.368 e. The first-order chi connectivity index (χ1) is 8.61. The Morgan fingerprint density at radius 1 is 1.50 bits per heavy atom. The molecule has 1 fully saturated rings. The van der Waals surface area contributed by atoms with Crippen LogP contribution in [0, 0.1) is 5.82 Å². The van der Waals surface area contributed by atoms with E-state index in [0.29, 0.717) is 12.2 Å². The van der Waals surface area contributed by atoms with Gasteiger partial charge in [-0.15, -0.1) is 0 Å². The molecule has 1 aromatic carbocycles. The highest BCUT2D eigenvalue weighted by Gasteiger charge is 2.29. The van der Waals surface area contributed by atoms with Crippen LogP contribution in [0.3, 0.4) is 0 Å². The normalized spacial score (nSPS) is 20.7. The fourth-order valence-electron chi connectivity index (χ4n) is 2.21. The van der Waals surface area contributed by atoms with Gasteiger partial charge >= 0.3 is 0 Å². The smallest absolute Gasteiger partial charge is 0.251 e. The number of hydrogen-bond acceptors (Lipinski definition) is 2. The van der Waals surface area contributed by atoms with Crippen molar-refractivity contribution in [2.75, 3.05) is 13.7 Å². The van der Waals surface area contributed by atoms with Gasteiger partial charge in [0.25, 0.3) is 5.91 Å². The lowest BCUT2D eigenvalue weighted by atomic mass is 10.1. The fourth-order valence-corrected chi connectivity index (χ4v) is 2.21. The molecular formula is C14H18FNO2. The molecule has 1 heterocycles. The molecule has 0 aliphatic carbocycles. The molecule has 0 aromatic heterocycles. The van der Waals surface area contributed by atoms with E-state index in [1.54, 1.807) is 30.1 Å². The summed E-state index contributed by atoms with van der Waals surface area (Å²) < 4.78 is 19.0. The van der Waals surface area contributed by atoms with E-state index in [1.165, 1.54) is 6.07 Å². The highest BCUT2D eigenvalue weighted by atomic mass is 19.1. The number of benzene rings is 1. The number of hydrogen-bond donors (Lipinski definition) is 0. The maximum Gasteiger partial charge on any atom is 0.251 e. The number of likely N-dealkylation sites (N-methyl/N-ethyl adjacent to an activating group) is 1. The summed E-state index contributed by atoms with van der Waals surface area (Å²) in [6.07, 6.45) is 1.31. The third-order valence-electron chi connectivity index (χ3n) is 3.49. The molecule has 2 atom stereocenters. The average Bonchev–Trinajstić information content (AvgIpc) is 2.90. The molecule has 4 heteroatoms. The number of carbonyl (C=O) groups is 1. The molecule has 0 saturated carbocycles. The first-order valence-corrected chi connectivity index (χ1v) is 6.24. The average molecular weight is 251 g/mol. The summed E-state index contributed by atoms with van der Waals surface area (Å²) in [5, 5.41) is 0. The Bertz CT molecular complexity index is 430. The number of ether oxygens (including phenoxy) is 1. The van der Waals surface area contributed by atoms with Gasteiger partial charge in [-0.3, -0.25) is 4.79 Å². The number of rotatable bonds is 3. The van der Waals surface area contributed by atoms with Crippen LogP contribution in [0.1, 0.15) is 31.4 Å². The first kappa shape index (κ1) is 13.0. The number of halogens is 1.